The summed E-state index contributed by atoms with van der Waals surface area (Å²) in [5.41, 5.74) is 0. The molecular formula is C21H38. The average molecular weight is 291 g/mol. The molecule has 0 radical (unpaired) electrons. The van der Waals surface area contributed by atoms with Crippen LogP contribution in [0, 0.1) is 11.8 Å². The molecular weight excluding hydrogens is 252 g/mol. The van der Waals surface area contributed by atoms with E-state index < -0.39 is 0 Å². The molecule has 1 rings (SSSR count). The predicted octanol–water partition coefficient (Wildman–Crippen LogP) is 7.46. The van der Waals surface area contributed by atoms with Crippen molar-refractivity contribution in [3.05, 3.63) is 24.3 Å². The lowest BCUT2D eigenvalue weighted by Crippen LogP contribution is -2.12. The van der Waals surface area contributed by atoms with Crippen LogP contribution in [-0.2, 0) is 0 Å². The minimum absolute atomic E-state index is 0.892. The van der Waals surface area contributed by atoms with Crippen LogP contribution in [0.1, 0.15) is 97.3 Å². The van der Waals surface area contributed by atoms with Gasteiger partial charge in [0.1, 0.15) is 0 Å². The Balaban J connectivity index is 1.98. The lowest BCUT2D eigenvalue weighted by atomic mass is 9.80. The summed E-state index contributed by atoms with van der Waals surface area (Å²) in [6, 6.07) is 0. The van der Waals surface area contributed by atoms with E-state index in [2.05, 4.69) is 38.2 Å². The van der Waals surface area contributed by atoms with Crippen LogP contribution in [0.25, 0.3) is 0 Å². The number of allylic oxidation sites excluding steroid dienone is 4. The molecule has 0 heteroatoms. The molecule has 0 heterocycles. The van der Waals surface area contributed by atoms with Crippen molar-refractivity contribution in [1.29, 1.82) is 0 Å². The van der Waals surface area contributed by atoms with Crippen molar-refractivity contribution in [2.24, 2.45) is 11.8 Å². The van der Waals surface area contributed by atoms with Crippen molar-refractivity contribution >= 4 is 0 Å². The van der Waals surface area contributed by atoms with E-state index in [0.717, 1.165) is 11.8 Å². The molecule has 0 amide bonds. The van der Waals surface area contributed by atoms with Gasteiger partial charge in [0, 0.05) is 0 Å². The molecule has 0 aromatic carbocycles. The zero-order valence-corrected chi connectivity index (χ0v) is 14.7. The van der Waals surface area contributed by atoms with Gasteiger partial charge in [-0.1, -0.05) is 63.3 Å². The van der Waals surface area contributed by atoms with Crippen LogP contribution in [-0.4, -0.2) is 0 Å². The van der Waals surface area contributed by atoms with E-state index in [9.17, 15) is 0 Å². The lowest BCUT2D eigenvalue weighted by molar-refractivity contribution is 0.297. The Morgan fingerprint density at radius 3 is 2.24 bits per heavy atom. The highest BCUT2D eigenvalue weighted by atomic mass is 14.2. The molecule has 21 heavy (non-hydrogen) atoms. The molecule has 0 nitrogen and oxygen atoms in total. The topological polar surface area (TPSA) is 0 Å². The molecule has 0 aliphatic heterocycles. The lowest BCUT2D eigenvalue weighted by Gasteiger charge is -2.26. The van der Waals surface area contributed by atoms with Crippen molar-refractivity contribution in [3.63, 3.8) is 0 Å². The van der Waals surface area contributed by atoms with E-state index >= 15 is 0 Å². The summed E-state index contributed by atoms with van der Waals surface area (Å²) in [6.45, 7) is 4.42. The summed E-state index contributed by atoms with van der Waals surface area (Å²) < 4.78 is 0. The second-order valence-electron chi connectivity index (χ2n) is 6.91. The van der Waals surface area contributed by atoms with Gasteiger partial charge in [0.2, 0.25) is 0 Å². The van der Waals surface area contributed by atoms with Crippen LogP contribution in [0.2, 0.25) is 0 Å². The van der Waals surface area contributed by atoms with Gasteiger partial charge >= 0.3 is 0 Å². The number of hydrogen-bond acceptors (Lipinski definition) is 0. The van der Waals surface area contributed by atoms with E-state index in [0.29, 0.717) is 0 Å². The van der Waals surface area contributed by atoms with E-state index in [-0.39, 0.29) is 0 Å². The first-order valence-corrected chi connectivity index (χ1v) is 9.64. The molecule has 122 valence electrons. The Morgan fingerprint density at radius 1 is 0.810 bits per heavy atom. The van der Waals surface area contributed by atoms with Crippen molar-refractivity contribution in [2.75, 3.05) is 0 Å². The molecule has 0 spiro atoms. The summed E-state index contributed by atoms with van der Waals surface area (Å²) in [5.74, 6) is 1.90. The van der Waals surface area contributed by atoms with Crippen molar-refractivity contribution in [3.8, 4) is 0 Å². The first-order chi connectivity index (χ1) is 10.4. The third kappa shape index (κ3) is 9.93. The van der Waals surface area contributed by atoms with Crippen molar-refractivity contribution in [1.82, 2.24) is 0 Å². The molecule has 0 atom stereocenters. The Morgan fingerprint density at radius 2 is 1.52 bits per heavy atom. The smallest absolute Gasteiger partial charge is 0.0233 e. The highest BCUT2D eigenvalue weighted by molar-refractivity contribution is 4.91. The minimum atomic E-state index is 0.892. The summed E-state index contributed by atoms with van der Waals surface area (Å²) in [7, 11) is 0. The third-order valence-corrected chi connectivity index (χ3v) is 5.00. The Kier molecular flexibility index (Phi) is 11.6. The van der Waals surface area contributed by atoms with Crippen LogP contribution in [0.5, 0.6) is 0 Å². The molecule has 0 unspecified atom stereocenters. The summed E-state index contributed by atoms with van der Waals surface area (Å²) in [6.07, 6.45) is 27.9. The minimum Gasteiger partial charge on any atom is -0.0917 e. The fourth-order valence-electron chi connectivity index (χ4n) is 3.50. The fraction of sp³-hybridized carbons (Fsp3) is 0.810. The zero-order chi connectivity index (χ0) is 15.2. The van der Waals surface area contributed by atoms with Crippen LogP contribution in [0.3, 0.4) is 0 Å². The van der Waals surface area contributed by atoms with Gasteiger partial charge in [0.15, 0.2) is 0 Å². The van der Waals surface area contributed by atoms with Gasteiger partial charge in [-0.3, -0.25) is 0 Å². The number of hydrogen-bond donors (Lipinski definition) is 0. The second-order valence-corrected chi connectivity index (χ2v) is 6.91. The number of rotatable bonds is 11. The highest BCUT2D eigenvalue weighted by Gasteiger charge is 2.18. The predicted molar refractivity (Wildman–Crippen MR) is 96.6 cm³/mol. The van der Waals surface area contributed by atoms with Gasteiger partial charge in [-0.05, 0) is 70.1 Å². The molecule has 0 aromatic heterocycles. The zero-order valence-electron chi connectivity index (χ0n) is 14.7. The van der Waals surface area contributed by atoms with Crippen LogP contribution in [0.15, 0.2) is 24.3 Å². The molecule has 0 saturated heterocycles. The summed E-state index contributed by atoms with van der Waals surface area (Å²) in [5, 5.41) is 0. The molecule has 0 N–H and O–H groups in total. The number of unbranched alkanes of at least 4 members (excludes halogenated alkanes) is 6. The molecule has 1 fully saturated rings. The van der Waals surface area contributed by atoms with Crippen LogP contribution in [0.4, 0.5) is 0 Å². The van der Waals surface area contributed by atoms with E-state index in [4.69, 9.17) is 0 Å². The standard InChI is InChI=1S/C21H38/c1-3-5-7-8-9-10-11-13-15-21-18-16-20(17-19-21)14-12-6-4-2/h4,6,13,15,20-21H,3,5,7-12,14,16-19H2,1-2H3/b6-4+,15-13+. The largest absolute Gasteiger partial charge is 0.0917 e. The van der Waals surface area contributed by atoms with Gasteiger partial charge in [0.05, 0.1) is 0 Å². The molecule has 1 aliphatic rings. The van der Waals surface area contributed by atoms with Crippen LogP contribution >= 0.6 is 0 Å². The molecule has 1 aliphatic carbocycles. The first-order valence-electron chi connectivity index (χ1n) is 9.64. The fourth-order valence-corrected chi connectivity index (χ4v) is 3.50. The summed E-state index contributed by atoms with van der Waals surface area (Å²) >= 11 is 0. The van der Waals surface area contributed by atoms with E-state index in [1.165, 1.54) is 83.5 Å². The van der Waals surface area contributed by atoms with E-state index in [1.807, 2.05) is 0 Å². The Bertz CT molecular complexity index is 266. The maximum absolute atomic E-state index is 2.54. The molecule has 0 bridgehead atoms. The second kappa shape index (κ2) is 13.2. The van der Waals surface area contributed by atoms with Gasteiger partial charge < -0.3 is 0 Å². The highest BCUT2D eigenvalue weighted by Crippen LogP contribution is 2.32. The van der Waals surface area contributed by atoms with E-state index in [1.54, 1.807) is 0 Å². The maximum atomic E-state index is 2.54. The average Bonchev–Trinajstić information content (AvgIpc) is 2.52. The van der Waals surface area contributed by atoms with Gasteiger partial charge in [-0.15, -0.1) is 0 Å². The molecule has 1 saturated carbocycles. The van der Waals surface area contributed by atoms with Crippen LogP contribution < -0.4 is 0 Å². The van der Waals surface area contributed by atoms with Crippen molar-refractivity contribution < 1.29 is 0 Å². The quantitative estimate of drug-likeness (QED) is 0.274. The van der Waals surface area contributed by atoms with Gasteiger partial charge in [-0.25, -0.2) is 0 Å². The SMILES string of the molecule is C/C=C/CCC1CCC(/C=C/CCCCCCCC)CC1. The van der Waals surface area contributed by atoms with Gasteiger partial charge in [-0.2, -0.15) is 0 Å². The normalized spacial score (nSPS) is 23.3. The maximum Gasteiger partial charge on any atom is -0.0233 e. The first kappa shape index (κ1) is 18.5. The molecule has 0 aromatic rings. The van der Waals surface area contributed by atoms with Gasteiger partial charge in [0.25, 0.3) is 0 Å². The monoisotopic (exact) mass is 290 g/mol. The Labute approximate surface area is 134 Å². The van der Waals surface area contributed by atoms with Crippen molar-refractivity contribution in [2.45, 2.75) is 97.3 Å². The third-order valence-electron chi connectivity index (χ3n) is 5.00. The summed E-state index contributed by atoms with van der Waals surface area (Å²) in [4.78, 5) is 0. The Hall–Kier alpha value is -0.520.